The van der Waals surface area contributed by atoms with Crippen LogP contribution in [0.15, 0.2) is 182 Å². The van der Waals surface area contributed by atoms with Crippen LogP contribution in [0.5, 0.6) is 0 Å². The van der Waals surface area contributed by atoms with Crippen molar-refractivity contribution in [3.63, 3.8) is 0 Å². The molecule has 0 heterocycles. The summed E-state index contributed by atoms with van der Waals surface area (Å²) in [6, 6.07) is 0. The first-order valence-electron chi connectivity index (χ1n) is 31.3. The third kappa shape index (κ3) is 63.2. The van der Waals surface area contributed by atoms with Gasteiger partial charge in [0.15, 0.2) is 6.10 Å². The standard InChI is InChI=1S/C73H112O6/c1-4-7-10-13-16-19-22-25-28-31-34-35-36-37-40-42-45-48-51-54-57-60-63-66-72(75)78-69-70(79-73(76)67-64-61-58-55-52-49-46-43-39-33-30-27-24-21-18-15-12-9-6-3)68-77-71(74)65-62-59-56-53-50-47-44-41-38-32-29-26-23-20-17-14-11-8-5-2/h7-12,16-21,25-30,34-35,38-39,41,43,47,49-50,52,58,61,70H,4-6,13-15,22-24,31-33,36-37,40,42,44-46,48,51,53-57,59-60,62-69H2,1-3H3/b10-7-,11-8-,12-9-,19-16-,20-17-,21-18-,28-25-,29-26-,30-27-,35-34-,41-38-,43-39-,50-47-,52-49-,61-58-. The van der Waals surface area contributed by atoms with Crippen LogP contribution in [0.4, 0.5) is 0 Å². The van der Waals surface area contributed by atoms with Crippen LogP contribution >= 0.6 is 0 Å². The van der Waals surface area contributed by atoms with Gasteiger partial charge < -0.3 is 14.2 Å². The van der Waals surface area contributed by atoms with Gasteiger partial charge in [-0.15, -0.1) is 0 Å². The molecule has 0 saturated carbocycles. The molecule has 0 aliphatic heterocycles. The van der Waals surface area contributed by atoms with Crippen molar-refractivity contribution in [1.82, 2.24) is 0 Å². The Labute approximate surface area is 484 Å². The highest BCUT2D eigenvalue weighted by Crippen LogP contribution is 2.14. The molecule has 0 radical (unpaired) electrons. The second kappa shape index (κ2) is 65.0. The molecule has 6 heteroatoms. The van der Waals surface area contributed by atoms with Crippen LogP contribution in [0.3, 0.4) is 0 Å². The highest BCUT2D eigenvalue weighted by Gasteiger charge is 2.19. The molecule has 440 valence electrons. The fraction of sp³-hybridized carbons (Fsp3) is 0.548. The lowest BCUT2D eigenvalue weighted by molar-refractivity contribution is -0.166. The highest BCUT2D eigenvalue weighted by molar-refractivity contribution is 5.71. The van der Waals surface area contributed by atoms with Crippen molar-refractivity contribution in [2.45, 2.75) is 245 Å². The Balaban J connectivity index is 4.57. The number of ether oxygens (including phenoxy) is 3. The maximum Gasteiger partial charge on any atom is 0.306 e. The molecule has 0 rings (SSSR count). The second-order valence-electron chi connectivity index (χ2n) is 19.8. The van der Waals surface area contributed by atoms with Gasteiger partial charge in [-0.3, -0.25) is 14.4 Å². The number of allylic oxidation sites excluding steroid dienone is 30. The van der Waals surface area contributed by atoms with E-state index in [0.29, 0.717) is 19.3 Å². The van der Waals surface area contributed by atoms with Crippen LogP contribution < -0.4 is 0 Å². The molecule has 0 saturated heterocycles. The molecule has 0 bridgehead atoms. The Kier molecular flexibility index (Phi) is 60.5. The van der Waals surface area contributed by atoms with E-state index >= 15 is 0 Å². The van der Waals surface area contributed by atoms with E-state index in [1.54, 1.807) is 0 Å². The van der Waals surface area contributed by atoms with Crippen LogP contribution in [0.25, 0.3) is 0 Å². The lowest BCUT2D eigenvalue weighted by Gasteiger charge is -2.18. The first-order valence-corrected chi connectivity index (χ1v) is 31.3. The van der Waals surface area contributed by atoms with E-state index in [9.17, 15) is 14.4 Å². The summed E-state index contributed by atoms with van der Waals surface area (Å²) in [5.41, 5.74) is 0. The average molecular weight is 1090 g/mol. The van der Waals surface area contributed by atoms with Gasteiger partial charge in [0.1, 0.15) is 13.2 Å². The summed E-state index contributed by atoms with van der Waals surface area (Å²) in [5.74, 6) is -1.06. The van der Waals surface area contributed by atoms with E-state index in [1.165, 1.54) is 51.4 Å². The molecule has 0 aromatic heterocycles. The molecule has 0 fully saturated rings. The van der Waals surface area contributed by atoms with Crippen LogP contribution in [-0.2, 0) is 28.6 Å². The minimum atomic E-state index is -0.847. The van der Waals surface area contributed by atoms with Gasteiger partial charge in [-0.05, 0) is 141 Å². The monoisotopic (exact) mass is 1080 g/mol. The molecule has 0 spiro atoms. The molecule has 0 aliphatic carbocycles. The van der Waals surface area contributed by atoms with Gasteiger partial charge in [-0.2, -0.15) is 0 Å². The highest BCUT2D eigenvalue weighted by atomic mass is 16.6. The Hall–Kier alpha value is -5.49. The zero-order valence-corrected chi connectivity index (χ0v) is 50.3. The Morgan fingerprint density at radius 2 is 0.481 bits per heavy atom. The maximum atomic E-state index is 12.9. The molecule has 0 N–H and O–H groups in total. The van der Waals surface area contributed by atoms with Crippen molar-refractivity contribution in [3.8, 4) is 0 Å². The number of unbranched alkanes of at least 4 members (excludes halogenated alkanes) is 13. The number of carbonyl (C=O) groups excluding carboxylic acids is 3. The molecule has 6 nitrogen and oxygen atoms in total. The molecule has 79 heavy (non-hydrogen) atoms. The van der Waals surface area contributed by atoms with Crippen LogP contribution in [0, 0.1) is 0 Å². The Morgan fingerprint density at radius 1 is 0.253 bits per heavy atom. The van der Waals surface area contributed by atoms with Crippen LogP contribution in [0.2, 0.25) is 0 Å². The smallest absolute Gasteiger partial charge is 0.306 e. The molecule has 1 unspecified atom stereocenters. The van der Waals surface area contributed by atoms with Crippen molar-refractivity contribution in [2.24, 2.45) is 0 Å². The lowest BCUT2D eigenvalue weighted by atomic mass is 10.1. The van der Waals surface area contributed by atoms with E-state index in [2.05, 4.69) is 191 Å². The minimum absolute atomic E-state index is 0.131. The fourth-order valence-electron chi connectivity index (χ4n) is 7.84. The normalized spacial score (nSPS) is 13.4. The van der Waals surface area contributed by atoms with Gasteiger partial charge in [-0.25, -0.2) is 0 Å². The number of carbonyl (C=O) groups is 3. The van der Waals surface area contributed by atoms with E-state index in [0.717, 1.165) is 141 Å². The first-order chi connectivity index (χ1) is 39.0. The summed E-state index contributed by atoms with van der Waals surface area (Å²) in [5, 5.41) is 0. The van der Waals surface area contributed by atoms with E-state index in [4.69, 9.17) is 14.2 Å². The van der Waals surface area contributed by atoms with Gasteiger partial charge in [0, 0.05) is 19.3 Å². The quantitative estimate of drug-likeness (QED) is 0.0261. The van der Waals surface area contributed by atoms with Crippen molar-refractivity contribution >= 4 is 17.9 Å². The summed E-state index contributed by atoms with van der Waals surface area (Å²) in [7, 11) is 0. The minimum Gasteiger partial charge on any atom is -0.462 e. The largest absolute Gasteiger partial charge is 0.462 e. The molecular weight excluding hydrogens is 973 g/mol. The zero-order chi connectivity index (χ0) is 57.1. The van der Waals surface area contributed by atoms with Crippen molar-refractivity contribution in [1.29, 1.82) is 0 Å². The van der Waals surface area contributed by atoms with Gasteiger partial charge in [-0.1, -0.05) is 261 Å². The van der Waals surface area contributed by atoms with Gasteiger partial charge in [0.25, 0.3) is 0 Å². The van der Waals surface area contributed by atoms with E-state index in [1.807, 2.05) is 12.2 Å². The lowest BCUT2D eigenvalue weighted by Crippen LogP contribution is -2.30. The maximum absolute atomic E-state index is 12.9. The van der Waals surface area contributed by atoms with Gasteiger partial charge in [0.05, 0.1) is 0 Å². The number of hydrogen-bond acceptors (Lipinski definition) is 6. The molecule has 0 aromatic rings. The number of rotatable bonds is 54. The van der Waals surface area contributed by atoms with Crippen LogP contribution in [0.1, 0.15) is 239 Å². The summed E-state index contributed by atoms with van der Waals surface area (Å²) < 4.78 is 16.8. The average Bonchev–Trinajstić information content (AvgIpc) is 3.45. The topological polar surface area (TPSA) is 78.9 Å². The predicted molar refractivity (Wildman–Crippen MR) is 343 cm³/mol. The SMILES string of the molecule is CC/C=C\C/C=C\C/C=C\C/C=C\C/C=C\C/C=C\CCC(=O)OC(COC(=O)CCCCC/C=C\C/C=C\C/C=C\C/C=C\C/C=C\CC)COC(=O)CCCCCCCCCCCC/C=C\C/C=C\C/C=C\C/C=C\CC. The van der Waals surface area contributed by atoms with E-state index in [-0.39, 0.29) is 31.6 Å². The molecule has 0 aliphatic rings. The Morgan fingerprint density at radius 3 is 0.772 bits per heavy atom. The summed E-state index contributed by atoms with van der Waals surface area (Å²) in [6.07, 6.45) is 97.6. The number of hydrogen-bond donors (Lipinski definition) is 0. The second-order valence-corrected chi connectivity index (χ2v) is 19.8. The first kappa shape index (κ1) is 73.5. The van der Waals surface area contributed by atoms with Crippen molar-refractivity contribution in [3.05, 3.63) is 182 Å². The van der Waals surface area contributed by atoms with Gasteiger partial charge >= 0.3 is 17.9 Å². The molecule has 0 aromatic carbocycles. The molecular formula is C73H112O6. The summed E-state index contributed by atoms with van der Waals surface area (Å²) in [4.78, 5) is 38.3. The summed E-state index contributed by atoms with van der Waals surface area (Å²) >= 11 is 0. The Bertz CT molecular complexity index is 1870. The van der Waals surface area contributed by atoms with E-state index < -0.39 is 12.1 Å². The summed E-state index contributed by atoms with van der Waals surface area (Å²) in [6.45, 7) is 6.20. The molecule has 1 atom stereocenters. The van der Waals surface area contributed by atoms with Gasteiger partial charge in [0.2, 0.25) is 0 Å². The number of esters is 3. The predicted octanol–water partition coefficient (Wildman–Crippen LogP) is 21.7. The zero-order valence-electron chi connectivity index (χ0n) is 50.3. The fourth-order valence-corrected chi connectivity index (χ4v) is 7.84. The van der Waals surface area contributed by atoms with Crippen LogP contribution in [-0.4, -0.2) is 37.2 Å². The van der Waals surface area contributed by atoms with Crippen molar-refractivity contribution in [2.75, 3.05) is 13.2 Å². The third-order valence-electron chi connectivity index (χ3n) is 12.4. The third-order valence-corrected chi connectivity index (χ3v) is 12.4. The van der Waals surface area contributed by atoms with Crippen molar-refractivity contribution < 1.29 is 28.6 Å². The molecule has 0 amide bonds.